The first kappa shape index (κ1) is 21.4. The van der Waals surface area contributed by atoms with Crippen LogP contribution in [0.5, 0.6) is 0 Å². The topological polar surface area (TPSA) is 92.5 Å². The molecule has 0 saturated heterocycles. The van der Waals surface area contributed by atoms with Gasteiger partial charge in [0, 0.05) is 31.5 Å². The van der Waals surface area contributed by atoms with Crippen LogP contribution in [0.3, 0.4) is 0 Å². The van der Waals surface area contributed by atoms with Crippen molar-refractivity contribution in [2.24, 2.45) is 14.1 Å². The Kier molecular flexibility index (Phi) is 4.97. The number of benzene rings is 2. The molecule has 9 nitrogen and oxygen atoms in total. The lowest BCUT2D eigenvalue weighted by molar-refractivity contribution is -0.139. The van der Waals surface area contributed by atoms with E-state index in [9.17, 15) is 14.4 Å². The van der Waals surface area contributed by atoms with Crippen LogP contribution in [0.25, 0.3) is 33.9 Å². The van der Waals surface area contributed by atoms with Gasteiger partial charge < -0.3 is 4.74 Å². The molecule has 0 atom stereocenters. The maximum absolute atomic E-state index is 13.0. The Hall–Kier alpha value is -4.40. The van der Waals surface area contributed by atoms with Crippen LogP contribution in [-0.2, 0) is 30.0 Å². The van der Waals surface area contributed by atoms with Crippen LogP contribution in [0.15, 0.2) is 64.3 Å². The summed E-state index contributed by atoms with van der Waals surface area (Å²) in [5, 5.41) is 0. The van der Waals surface area contributed by atoms with E-state index in [0.717, 1.165) is 32.6 Å². The Bertz CT molecular complexity index is 1680. The summed E-state index contributed by atoms with van der Waals surface area (Å²) < 4.78 is 10.9. The number of hydrogen-bond acceptors (Lipinski definition) is 5. The molecule has 0 saturated carbocycles. The van der Waals surface area contributed by atoms with Crippen LogP contribution in [0.4, 0.5) is 0 Å². The number of aromatic nitrogens is 5. The number of imidazole rings is 2. The molecule has 34 heavy (non-hydrogen) atoms. The van der Waals surface area contributed by atoms with Crippen molar-refractivity contribution in [1.29, 1.82) is 0 Å². The highest BCUT2D eigenvalue weighted by Gasteiger charge is 2.21. The molecule has 0 N–H and O–H groups in total. The molecule has 3 heterocycles. The minimum absolute atomic E-state index is 0.175. The SMILES string of the molecule is COC(=O)Cc1ccc(-n2c(-c3ccc(C)cc3)cn3c4c(=O)n(C)c(=O)n(C)c4nc23)cc1. The first-order chi connectivity index (χ1) is 16.3. The quantitative estimate of drug-likeness (QED) is 0.387. The van der Waals surface area contributed by atoms with Gasteiger partial charge in [-0.2, -0.15) is 4.98 Å². The highest BCUT2D eigenvalue weighted by atomic mass is 16.5. The molecule has 3 aromatic heterocycles. The number of aryl methyl sites for hydroxylation is 2. The van der Waals surface area contributed by atoms with Crippen molar-refractivity contribution in [3.8, 4) is 16.9 Å². The van der Waals surface area contributed by atoms with E-state index in [1.165, 1.54) is 18.7 Å². The molecule has 0 aliphatic carbocycles. The predicted octanol–water partition coefficient (Wildman–Crippen LogP) is 2.37. The normalized spacial score (nSPS) is 11.4. The highest BCUT2D eigenvalue weighted by Crippen LogP contribution is 2.29. The number of carbonyl (C=O) groups excluding carboxylic acids is 1. The Balaban J connectivity index is 1.81. The minimum Gasteiger partial charge on any atom is -0.469 e. The van der Waals surface area contributed by atoms with Gasteiger partial charge in [0.25, 0.3) is 5.56 Å². The highest BCUT2D eigenvalue weighted by molar-refractivity contribution is 5.79. The van der Waals surface area contributed by atoms with Crippen molar-refractivity contribution < 1.29 is 9.53 Å². The molecule has 0 radical (unpaired) electrons. The van der Waals surface area contributed by atoms with Gasteiger partial charge in [0.05, 0.1) is 19.2 Å². The van der Waals surface area contributed by atoms with Gasteiger partial charge in [-0.25, -0.2) is 4.79 Å². The van der Waals surface area contributed by atoms with E-state index in [-0.39, 0.29) is 12.4 Å². The summed E-state index contributed by atoms with van der Waals surface area (Å²) in [7, 11) is 4.42. The number of methoxy groups -OCH3 is 1. The maximum Gasteiger partial charge on any atom is 0.332 e. The minimum atomic E-state index is -0.435. The van der Waals surface area contributed by atoms with Crippen LogP contribution in [0.1, 0.15) is 11.1 Å². The number of hydrogen-bond donors (Lipinski definition) is 0. The van der Waals surface area contributed by atoms with Crippen LogP contribution in [0.2, 0.25) is 0 Å². The largest absolute Gasteiger partial charge is 0.469 e. The molecule has 172 valence electrons. The summed E-state index contributed by atoms with van der Waals surface area (Å²) in [6, 6.07) is 15.6. The molecular weight excluding hydrogens is 434 g/mol. The van der Waals surface area contributed by atoms with Gasteiger partial charge in [-0.1, -0.05) is 42.0 Å². The summed E-state index contributed by atoms with van der Waals surface area (Å²) in [6.07, 6.45) is 2.04. The number of esters is 1. The summed E-state index contributed by atoms with van der Waals surface area (Å²) >= 11 is 0. The molecule has 5 rings (SSSR count). The van der Waals surface area contributed by atoms with Gasteiger partial charge in [-0.15, -0.1) is 0 Å². The Morgan fingerprint density at radius 1 is 0.971 bits per heavy atom. The zero-order valence-electron chi connectivity index (χ0n) is 19.3. The Morgan fingerprint density at radius 3 is 2.29 bits per heavy atom. The van der Waals surface area contributed by atoms with E-state index in [2.05, 4.69) is 0 Å². The second-order valence-electron chi connectivity index (χ2n) is 8.29. The summed E-state index contributed by atoms with van der Waals surface area (Å²) in [4.78, 5) is 41.8. The number of nitrogens with zero attached hydrogens (tertiary/aromatic N) is 5. The van der Waals surface area contributed by atoms with Crippen molar-refractivity contribution >= 4 is 22.9 Å². The third-order valence-corrected chi connectivity index (χ3v) is 6.08. The average Bonchev–Trinajstić information content (AvgIpc) is 3.39. The zero-order valence-corrected chi connectivity index (χ0v) is 19.3. The third kappa shape index (κ3) is 3.24. The van der Waals surface area contributed by atoms with E-state index >= 15 is 0 Å². The van der Waals surface area contributed by atoms with E-state index in [4.69, 9.17) is 9.72 Å². The lowest BCUT2D eigenvalue weighted by atomic mass is 10.1. The van der Waals surface area contributed by atoms with E-state index in [1.54, 1.807) is 11.4 Å². The molecule has 9 heteroatoms. The summed E-state index contributed by atoms with van der Waals surface area (Å²) in [5.74, 6) is 0.192. The summed E-state index contributed by atoms with van der Waals surface area (Å²) in [6.45, 7) is 2.02. The first-order valence-corrected chi connectivity index (χ1v) is 10.7. The lowest BCUT2D eigenvalue weighted by Crippen LogP contribution is -2.37. The monoisotopic (exact) mass is 457 g/mol. The number of carbonyl (C=O) groups is 1. The molecule has 0 spiro atoms. The van der Waals surface area contributed by atoms with Crippen LogP contribution in [-0.4, -0.2) is 36.2 Å². The van der Waals surface area contributed by atoms with E-state index in [1.807, 2.05) is 66.2 Å². The second kappa shape index (κ2) is 7.87. The van der Waals surface area contributed by atoms with Crippen molar-refractivity contribution in [3.63, 3.8) is 0 Å². The maximum atomic E-state index is 13.0. The Labute approximate surface area is 194 Å². The molecule has 0 aliphatic rings. The van der Waals surface area contributed by atoms with E-state index < -0.39 is 11.2 Å². The lowest BCUT2D eigenvalue weighted by Gasteiger charge is -2.10. The van der Waals surface area contributed by atoms with Gasteiger partial charge >= 0.3 is 11.7 Å². The Morgan fingerprint density at radius 2 is 1.65 bits per heavy atom. The van der Waals surface area contributed by atoms with Crippen LogP contribution < -0.4 is 11.2 Å². The summed E-state index contributed by atoms with van der Waals surface area (Å²) in [5.41, 5.74) is 4.33. The number of fused-ring (bicyclic) bond motifs is 3. The van der Waals surface area contributed by atoms with Crippen molar-refractivity contribution in [3.05, 3.63) is 86.7 Å². The molecular formula is C25H23N5O4. The number of rotatable bonds is 4. The molecule has 0 amide bonds. The van der Waals surface area contributed by atoms with Gasteiger partial charge in [0.15, 0.2) is 11.2 Å². The predicted molar refractivity (Wildman–Crippen MR) is 128 cm³/mol. The zero-order chi connectivity index (χ0) is 24.1. The molecule has 0 bridgehead atoms. The molecule has 0 fully saturated rings. The molecule has 0 aliphatic heterocycles. The van der Waals surface area contributed by atoms with Crippen molar-refractivity contribution in [2.45, 2.75) is 13.3 Å². The molecule has 0 unspecified atom stereocenters. The average molecular weight is 457 g/mol. The van der Waals surface area contributed by atoms with Gasteiger partial charge in [0.1, 0.15) is 0 Å². The fourth-order valence-corrected chi connectivity index (χ4v) is 4.16. The van der Waals surface area contributed by atoms with Gasteiger partial charge in [-0.3, -0.25) is 27.7 Å². The van der Waals surface area contributed by atoms with Gasteiger partial charge in [-0.05, 0) is 24.6 Å². The fraction of sp³-hybridized carbons (Fsp3) is 0.200. The second-order valence-corrected chi connectivity index (χ2v) is 8.29. The third-order valence-electron chi connectivity index (χ3n) is 6.08. The van der Waals surface area contributed by atoms with Crippen LogP contribution in [0, 0.1) is 6.92 Å². The molecule has 5 aromatic rings. The van der Waals surface area contributed by atoms with E-state index in [0.29, 0.717) is 16.9 Å². The van der Waals surface area contributed by atoms with Crippen molar-refractivity contribution in [1.82, 2.24) is 23.1 Å². The van der Waals surface area contributed by atoms with Crippen LogP contribution >= 0.6 is 0 Å². The number of ether oxygens (including phenoxy) is 1. The standard InChI is InChI=1S/C25H23N5O4/c1-15-5-9-17(10-6-15)19-14-29-21-22(27(2)25(33)28(3)23(21)32)26-24(29)30(19)18-11-7-16(8-12-18)13-20(31)34-4/h5-12,14H,13H2,1-4H3. The van der Waals surface area contributed by atoms with Gasteiger partial charge in [0.2, 0.25) is 5.78 Å². The van der Waals surface area contributed by atoms with Crippen molar-refractivity contribution in [2.75, 3.05) is 7.11 Å². The fourth-order valence-electron chi connectivity index (χ4n) is 4.16. The first-order valence-electron chi connectivity index (χ1n) is 10.7. The smallest absolute Gasteiger partial charge is 0.332 e. The molecule has 2 aromatic carbocycles.